The lowest BCUT2D eigenvalue weighted by atomic mass is 9.88. The zero-order valence-electron chi connectivity index (χ0n) is 13.7. The maximum absolute atomic E-state index is 11.4. The van der Waals surface area contributed by atoms with Gasteiger partial charge in [0, 0.05) is 19.5 Å². The normalized spacial score (nSPS) is 17.2. The van der Waals surface area contributed by atoms with Gasteiger partial charge in [-0.25, -0.2) is 5.48 Å². The SMILES string of the molecule is COc1ccc(C2c3ccccc3CCN2CCC(=O)NO)cc1. The van der Waals surface area contributed by atoms with Crippen LogP contribution in [0.4, 0.5) is 0 Å². The number of carbonyl (C=O) groups excluding carboxylic acids is 1. The minimum atomic E-state index is -0.359. The minimum Gasteiger partial charge on any atom is -0.497 e. The molecule has 1 amide bonds. The highest BCUT2D eigenvalue weighted by molar-refractivity contribution is 5.74. The number of methoxy groups -OCH3 is 1. The van der Waals surface area contributed by atoms with E-state index in [0.717, 1.165) is 18.7 Å². The van der Waals surface area contributed by atoms with Gasteiger partial charge in [0.05, 0.1) is 13.2 Å². The van der Waals surface area contributed by atoms with E-state index in [2.05, 4.69) is 41.3 Å². The molecule has 2 aromatic carbocycles. The third kappa shape index (κ3) is 3.42. The first kappa shape index (κ1) is 16.5. The van der Waals surface area contributed by atoms with Gasteiger partial charge in [0.25, 0.3) is 0 Å². The summed E-state index contributed by atoms with van der Waals surface area (Å²) in [6, 6.07) is 16.6. The maximum Gasteiger partial charge on any atom is 0.244 e. The molecule has 5 heteroatoms. The predicted molar refractivity (Wildman–Crippen MR) is 91.1 cm³/mol. The van der Waals surface area contributed by atoms with Gasteiger partial charge in [-0.1, -0.05) is 36.4 Å². The van der Waals surface area contributed by atoms with Crippen LogP contribution in [0.15, 0.2) is 48.5 Å². The molecule has 1 aliphatic heterocycles. The van der Waals surface area contributed by atoms with Gasteiger partial charge in [-0.2, -0.15) is 0 Å². The fraction of sp³-hybridized carbons (Fsp3) is 0.316. The van der Waals surface area contributed by atoms with Crippen molar-refractivity contribution in [3.63, 3.8) is 0 Å². The van der Waals surface area contributed by atoms with Gasteiger partial charge in [-0.3, -0.25) is 14.9 Å². The van der Waals surface area contributed by atoms with E-state index in [-0.39, 0.29) is 18.4 Å². The van der Waals surface area contributed by atoms with Crippen molar-refractivity contribution in [2.75, 3.05) is 20.2 Å². The summed E-state index contributed by atoms with van der Waals surface area (Å²) in [5.74, 6) is 0.469. The number of carbonyl (C=O) groups is 1. The summed E-state index contributed by atoms with van der Waals surface area (Å²) < 4.78 is 5.25. The van der Waals surface area contributed by atoms with E-state index in [9.17, 15) is 4.79 Å². The molecule has 1 atom stereocenters. The molecule has 0 fully saturated rings. The summed E-state index contributed by atoms with van der Waals surface area (Å²) in [5, 5.41) is 8.73. The molecule has 0 aliphatic carbocycles. The molecule has 0 aromatic heterocycles. The highest BCUT2D eigenvalue weighted by Gasteiger charge is 2.28. The van der Waals surface area contributed by atoms with Gasteiger partial charge in [0.2, 0.25) is 5.91 Å². The second-order valence-electron chi connectivity index (χ2n) is 5.95. The van der Waals surface area contributed by atoms with Gasteiger partial charge in [0.15, 0.2) is 0 Å². The quantitative estimate of drug-likeness (QED) is 0.655. The first-order valence-corrected chi connectivity index (χ1v) is 8.11. The number of rotatable bonds is 5. The minimum absolute atomic E-state index is 0.104. The fourth-order valence-electron chi connectivity index (χ4n) is 3.34. The molecule has 0 saturated heterocycles. The monoisotopic (exact) mass is 326 g/mol. The number of nitrogens with one attached hydrogen (secondary N) is 1. The Morgan fingerprint density at radius 1 is 1.25 bits per heavy atom. The molecule has 5 nitrogen and oxygen atoms in total. The van der Waals surface area contributed by atoms with Gasteiger partial charge in [-0.05, 0) is 35.2 Å². The van der Waals surface area contributed by atoms with Crippen LogP contribution < -0.4 is 10.2 Å². The topological polar surface area (TPSA) is 61.8 Å². The zero-order chi connectivity index (χ0) is 16.9. The van der Waals surface area contributed by atoms with Crippen LogP contribution in [0.1, 0.15) is 29.2 Å². The summed E-state index contributed by atoms with van der Waals surface area (Å²) in [6.45, 7) is 1.48. The number of amides is 1. The summed E-state index contributed by atoms with van der Waals surface area (Å²) in [6.07, 6.45) is 1.23. The zero-order valence-corrected chi connectivity index (χ0v) is 13.7. The first-order valence-electron chi connectivity index (χ1n) is 8.11. The molecular weight excluding hydrogens is 304 g/mol. The van der Waals surface area contributed by atoms with Crippen molar-refractivity contribution in [3.05, 3.63) is 65.2 Å². The molecule has 2 N–H and O–H groups in total. The summed E-state index contributed by atoms with van der Waals surface area (Å²) in [4.78, 5) is 13.7. The van der Waals surface area contributed by atoms with Crippen molar-refractivity contribution < 1.29 is 14.7 Å². The lowest BCUT2D eigenvalue weighted by Gasteiger charge is -2.37. The highest BCUT2D eigenvalue weighted by Crippen LogP contribution is 2.35. The average molecular weight is 326 g/mol. The predicted octanol–water partition coefficient (Wildman–Crippen LogP) is 2.54. The number of ether oxygens (including phenoxy) is 1. The van der Waals surface area contributed by atoms with E-state index in [4.69, 9.17) is 9.94 Å². The number of nitrogens with zero attached hydrogens (tertiary/aromatic N) is 1. The van der Waals surface area contributed by atoms with Crippen LogP contribution >= 0.6 is 0 Å². The van der Waals surface area contributed by atoms with E-state index in [0.29, 0.717) is 6.54 Å². The molecule has 1 aliphatic rings. The Morgan fingerprint density at radius 3 is 2.71 bits per heavy atom. The molecule has 24 heavy (non-hydrogen) atoms. The van der Waals surface area contributed by atoms with Gasteiger partial charge in [-0.15, -0.1) is 0 Å². The highest BCUT2D eigenvalue weighted by atomic mass is 16.5. The average Bonchev–Trinajstić information content (AvgIpc) is 2.65. The second-order valence-corrected chi connectivity index (χ2v) is 5.95. The number of hydrogen-bond donors (Lipinski definition) is 2. The first-order chi connectivity index (χ1) is 11.7. The standard InChI is InChI=1S/C19H22N2O3/c1-24-16-8-6-15(7-9-16)19-17-5-3-2-4-14(17)10-12-21(19)13-11-18(22)20-23/h2-9,19,23H,10-13H2,1H3,(H,20,22). The molecule has 0 radical (unpaired) electrons. The molecule has 126 valence electrons. The molecule has 1 unspecified atom stereocenters. The van der Waals surface area contributed by atoms with Crippen LogP contribution in [-0.2, 0) is 11.2 Å². The van der Waals surface area contributed by atoms with Gasteiger partial charge in [0.1, 0.15) is 5.75 Å². The fourth-order valence-corrected chi connectivity index (χ4v) is 3.34. The Bertz CT molecular complexity index is 700. The molecule has 0 spiro atoms. The van der Waals surface area contributed by atoms with Crippen molar-refractivity contribution in [2.24, 2.45) is 0 Å². The van der Waals surface area contributed by atoms with E-state index in [1.165, 1.54) is 16.7 Å². The van der Waals surface area contributed by atoms with E-state index < -0.39 is 0 Å². The molecule has 0 saturated carbocycles. The Labute approximate surface area is 141 Å². The molecule has 2 aromatic rings. The summed E-state index contributed by atoms with van der Waals surface area (Å²) in [5.41, 5.74) is 5.51. The van der Waals surface area contributed by atoms with Crippen LogP contribution in [0.2, 0.25) is 0 Å². The number of hydrogen-bond acceptors (Lipinski definition) is 4. The van der Waals surface area contributed by atoms with Gasteiger partial charge >= 0.3 is 0 Å². The second kappa shape index (κ2) is 7.47. The Kier molecular flexibility index (Phi) is 5.13. The smallest absolute Gasteiger partial charge is 0.244 e. The van der Waals surface area contributed by atoms with Crippen molar-refractivity contribution in [2.45, 2.75) is 18.9 Å². The lowest BCUT2D eigenvalue weighted by Crippen LogP contribution is -2.38. The van der Waals surface area contributed by atoms with E-state index >= 15 is 0 Å². The van der Waals surface area contributed by atoms with Crippen molar-refractivity contribution >= 4 is 5.91 Å². The van der Waals surface area contributed by atoms with Crippen LogP contribution in [0, 0.1) is 0 Å². The number of benzene rings is 2. The molecule has 3 rings (SSSR count). The van der Waals surface area contributed by atoms with E-state index in [1.807, 2.05) is 12.1 Å². The number of hydroxylamine groups is 1. The molecular formula is C19H22N2O3. The Hall–Kier alpha value is -2.37. The molecule has 1 heterocycles. The largest absolute Gasteiger partial charge is 0.497 e. The van der Waals surface area contributed by atoms with Crippen molar-refractivity contribution in [3.8, 4) is 5.75 Å². The van der Waals surface area contributed by atoms with Crippen LogP contribution in [0.25, 0.3) is 0 Å². The van der Waals surface area contributed by atoms with Crippen molar-refractivity contribution in [1.29, 1.82) is 0 Å². The Balaban J connectivity index is 1.92. The van der Waals surface area contributed by atoms with E-state index in [1.54, 1.807) is 12.6 Å². The third-order valence-corrected chi connectivity index (χ3v) is 4.57. The van der Waals surface area contributed by atoms with Crippen LogP contribution in [0.3, 0.4) is 0 Å². The third-order valence-electron chi connectivity index (χ3n) is 4.57. The summed E-state index contributed by atoms with van der Waals surface area (Å²) in [7, 11) is 1.66. The van der Waals surface area contributed by atoms with Crippen LogP contribution in [-0.4, -0.2) is 36.2 Å². The summed E-state index contributed by atoms with van der Waals surface area (Å²) >= 11 is 0. The number of fused-ring (bicyclic) bond motifs is 1. The Morgan fingerprint density at radius 2 is 2.00 bits per heavy atom. The lowest BCUT2D eigenvalue weighted by molar-refractivity contribution is -0.129. The molecule has 0 bridgehead atoms. The maximum atomic E-state index is 11.4. The van der Waals surface area contributed by atoms with Crippen LogP contribution in [0.5, 0.6) is 5.75 Å². The van der Waals surface area contributed by atoms with Crippen molar-refractivity contribution in [1.82, 2.24) is 10.4 Å². The van der Waals surface area contributed by atoms with Gasteiger partial charge < -0.3 is 4.74 Å².